The van der Waals surface area contributed by atoms with Crippen molar-refractivity contribution in [3.8, 4) is 17.6 Å². The second-order valence-corrected chi connectivity index (χ2v) is 3.22. The first-order valence-corrected chi connectivity index (χ1v) is 5.19. The van der Waals surface area contributed by atoms with E-state index < -0.39 is 11.9 Å². The first kappa shape index (κ1) is 13.6. The van der Waals surface area contributed by atoms with E-state index in [1.165, 1.54) is 7.11 Å². The summed E-state index contributed by atoms with van der Waals surface area (Å²) in [6.07, 6.45) is 0. The molecule has 1 N–H and O–H groups in total. The van der Waals surface area contributed by atoms with Crippen LogP contribution in [0.4, 0.5) is 5.69 Å². The molecule has 0 saturated carbocycles. The fourth-order valence-corrected chi connectivity index (χ4v) is 1.14. The lowest BCUT2D eigenvalue weighted by Gasteiger charge is -2.06. The molecule has 0 spiro atoms. The number of carbonyl (C=O) groups excluding carboxylic acids is 2. The van der Waals surface area contributed by atoms with Crippen LogP contribution in [0, 0.1) is 11.8 Å². The molecule has 0 unspecified atom stereocenters. The van der Waals surface area contributed by atoms with Crippen molar-refractivity contribution in [2.45, 2.75) is 6.92 Å². The van der Waals surface area contributed by atoms with Crippen molar-refractivity contribution >= 4 is 17.6 Å². The highest BCUT2D eigenvalue weighted by Crippen LogP contribution is 2.17. The monoisotopic (exact) mass is 247 g/mol. The summed E-state index contributed by atoms with van der Waals surface area (Å²) >= 11 is 0. The number of ether oxygens (including phenoxy) is 2. The van der Waals surface area contributed by atoms with Crippen LogP contribution in [0.1, 0.15) is 6.92 Å². The van der Waals surface area contributed by atoms with Gasteiger partial charge in [0.2, 0.25) is 0 Å². The summed E-state index contributed by atoms with van der Waals surface area (Å²) in [5, 5.41) is 2.58. The average molecular weight is 247 g/mol. The van der Waals surface area contributed by atoms with Crippen LogP contribution in [0.25, 0.3) is 0 Å². The Morgan fingerprint density at radius 2 is 2.17 bits per heavy atom. The van der Waals surface area contributed by atoms with Gasteiger partial charge in [-0.15, -0.1) is 0 Å². The molecule has 18 heavy (non-hydrogen) atoms. The largest absolute Gasteiger partial charge is 0.482 e. The van der Waals surface area contributed by atoms with Gasteiger partial charge in [-0.05, 0) is 25.0 Å². The minimum Gasteiger partial charge on any atom is -0.482 e. The molecule has 0 aliphatic carbocycles. The Balaban J connectivity index is 2.63. The van der Waals surface area contributed by atoms with Crippen LogP contribution in [-0.2, 0) is 14.3 Å². The molecule has 1 rings (SSSR count). The Morgan fingerprint density at radius 3 is 2.83 bits per heavy atom. The fraction of sp³-hybridized carbons (Fsp3) is 0.231. The predicted molar refractivity (Wildman–Crippen MR) is 66.0 cm³/mol. The van der Waals surface area contributed by atoms with E-state index in [0.29, 0.717) is 11.4 Å². The molecule has 5 heteroatoms. The molecule has 0 saturated heterocycles. The maximum absolute atomic E-state index is 11.2. The Hall–Kier alpha value is -2.48. The highest BCUT2D eigenvalue weighted by molar-refractivity contribution is 6.03. The van der Waals surface area contributed by atoms with E-state index in [-0.39, 0.29) is 6.61 Å². The van der Waals surface area contributed by atoms with Gasteiger partial charge >= 0.3 is 5.97 Å². The third-order valence-electron chi connectivity index (χ3n) is 1.91. The van der Waals surface area contributed by atoms with Crippen molar-refractivity contribution < 1.29 is 19.1 Å². The highest BCUT2D eigenvalue weighted by Gasteiger charge is 2.03. The quantitative estimate of drug-likeness (QED) is 0.641. The molecular weight excluding hydrogens is 234 g/mol. The first-order chi connectivity index (χ1) is 8.65. The van der Waals surface area contributed by atoms with E-state index >= 15 is 0 Å². The fourth-order valence-electron chi connectivity index (χ4n) is 1.14. The van der Waals surface area contributed by atoms with Gasteiger partial charge < -0.3 is 14.8 Å². The normalized spacial score (nSPS) is 8.78. The van der Waals surface area contributed by atoms with Crippen LogP contribution in [-0.4, -0.2) is 25.6 Å². The van der Waals surface area contributed by atoms with E-state index in [1.54, 1.807) is 31.2 Å². The molecule has 94 valence electrons. The Bertz CT molecular complexity index is 499. The van der Waals surface area contributed by atoms with Crippen LogP contribution in [0.3, 0.4) is 0 Å². The van der Waals surface area contributed by atoms with Crippen LogP contribution < -0.4 is 10.1 Å². The van der Waals surface area contributed by atoms with Crippen molar-refractivity contribution in [2.24, 2.45) is 0 Å². The summed E-state index contributed by atoms with van der Waals surface area (Å²) < 4.78 is 9.63. The van der Waals surface area contributed by atoms with Gasteiger partial charge in [-0.25, -0.2) is 4.79 Å². The Morgan fingerprint density at radius 1 is 1.39 bits per heavy atom. The number of hydrogen-bond acceptors (Lipinski definition) is 4. The van der Waals surface area contributed by atoms with Crippen LogP contribution in [0.5, 0.6) is 5.75 Å². The number of carbonyl (C=O) groups is 2. The SMILES string of the molecule is CC#CC(=O)Nc1cccc(OCC(=O)OC)c1. The van der Waals surface area contributed by atoms with Gasteiger partial charge in [0.1, 0.15) is 5.75 Å². The lowest BCUT2D eigenvalue weighted by Crippen LogP contribution is -2.13. The zero-order chi connectivity index (χ0) is 13.4. The maximum atomic E-state index is 11.2. The second kappa shape index (κ2) is 6.97. The van der Waals surface area contributed by atoms with Gasteiger partial charge in [0.05, 0.1) is 7.11 Å². The molecule has 0 aliphatic rings. The van der Waals surface area contributed by atoms with Gasteiger partial charge in [0, 0.05) is 11.8 Å². The van der Waals surface area contributed by atoms with Crippen molar-refractivity contribution in [3.05, 3.63) is 24.3 Å². The zero-order valence-corrected chi connectivity index (χ0v) is 10.1. The summed E-state index contributed by atoms with van der Waals surface area (Å²) in [4.78, 5) is 22.1. The molecule has 1 amide bonds. The molecular formula is C13H13NO4. The number of rotatable bonds is 4. The summed E-state index contributed by atoms with van der Waals surface area (Å²) in [5.41, 5.74) is 0.546. The van der Waals surface area contributed by atoms with E-state index in [1.807, 2.05) is 0 Å². The van der Waals surface area contributed by atoms with Crippen molar-refractivity contribution in [3.63, 3.8) is 0 Å². The summed E-state index contributed by atoms with van der Waals surface area (Å²) in [6.45, 7) is 1.40. The number of esters is 1. The number of methoxy groups -OCH3 is 1. The molecule has 0 fully saturated rings. The first-order valence-electron chi connectivity index (χ1n) is 5.19. The van der Waals surface area contributed by atoms with Gasteiger partial charge in [-0.1, -0.05) is 12.0 Å². The summed E-state index contributed by atoms with van der Waals surface area (Å²) in [7, 11) is 1.28. The molecule has 1 aromatic rings. The summed E-state index contributed by atoms with van der Waals surface area (Å²) in [6, 6.07) is 6.66. The van der Waals surface area contributed by atoms with E-state index in [9.17, 15) is 9.59 Å². The Labute approximate surface area is 105 Å². The number of hydrogen-bond donors (Lipinski definition) is 1. The van der Waals surface area contributed by atoms with Gasteiger partial charge in [0.15, 0.2) is 6.61 Å². The molecule has 1 aromatic carbocycles. The molecule has 0 radical (unpaired) electrons. The predicted octanol–water partition coefficient (Wildman–Crippen LogP) is 1.20. The number of benzene rings is 1. The van der Waals surface area contributed by atoms with Gasteiger partial charge in [0.25, 0.3) is 5.91 Å². The zero-order valence-electron chi connectivity index (χ0n) is 10.1. The topological polar surface area (TPSA) is 64.6 Å². The smallest absolute Gasteiger partial charge is 0.343 e. The van der Waals surface area contributed by atoms with E-state index in [2.05, 4.69) is 21.9 Å². The Kier molecular flexibility index (Phi) is 5.26. The third kappa shape index (κ3) is 4.58. The number of anilines is 1. The molecule has 5 nitrogen and oxygen atoms in total. The standard InChI is InChI=1S/C13H13NO4/c1-3-5-12(15)14-10-6-4-7-11(8-10)18-9-13(16)17-2/h4,6-8H,9H2,1-2H3,(H,14,15). The summed E-state index contributed by atoms with van der Waals surface area (Å²) in [5.74, 6) is 4.44. The number of nitrogens with one attached hydrogen (secondary N) is 1. The molecule has 0 aliphatic heterocycles. The van der Waals surface area contributed by atoms with Crippen LogP contribution >= 0.6 is 0 Å². The minimum atomic E-state index is -0.471. The maximum Gasteiger partial charge on any atom is 0.343 e. The van der Waals surface area contributed by atoms with Crippen LogP contribution in [0.15, 0.2) is 24.3 Å². The number of amides is 1. The third-order valence-corrected chi connectivity index (χ3v) is 1.91. The average Bonchev–Trinajstić information content (AvgIpc) is 2.36. The molecule has 0 atom stereocenters. The van der Waals surface area contributed by atoms with Crippen molar-refractivity contribution in [2.75, 3.05) is 19.0 Å². The van der Waals surface area contributed by atoms with Crippen molar-refractivity contribution in [1.82, 2.24) is 0 Å². The molecule has 0 heterocycles. The van der Waals surface area contributed by atoms with Gasteiger partial charge in [-0.2, -0.15) is 0 Å². The van der Waals surface area contributed by atoms with E-state index in [0.717, 1.165) is 0 Å². The highest BCUT2D eigenvalue weighted by atomic mass is 16.6. The van der Waals surface area contributed by atoms with E-state index in [4.69, 9.17) is 4.74 Å². The van der Waals surface area contributed by atoms with Crippen molar-refractivity contribution in [1.29, 1.82) is 0 Å². The molecule has 0 bridgehead atoms. The lowest BCUT2D eigenvalue weighted by atomic mass is 10.3. The minimum absolute atomic E-state index is 0.178. The second-order valence-electron chi connectivity index (χ2n) is 3.22. The van der Waals surface area contributed by atoms with Crippen LogP contribution in [0.2, 0.25) is 0 Å². The molecule has 0 aromatic heterocycles. The lowest BCUT2D eigenvalue weighted by molar-refractivity contribution is -0.142. The van der Waals surface area contributed by atoms with Gasteiger partial charge in [-0.3, -0.25) is 4.79 Å².